The minimum absolute atomic E-state index is 0.0351. The lowest BCUT2D eigenvalue weighted by molar-refractivity contribution is 0.211. The van der Waals surface area contributed by atoms with Crippen LogP contribution in [-0.2, 0) is 0 Å². The van der Waals surface area contributed by atoms with Gasteiger partial charge in [-0.15, -0.1) is 0 Å². The summed E-state index contributed by atoms with van der Waals surface area (Å²) in [5.74, 6) is 2.25. The summed E-state index contributed by atoms with van der Waals surface area (Å²) in [7, 11) is 1.62. The minimum Gasteiger partial charge on any atom is -0.493 e. The van der Waals surface area contributed by atoms with Gasteiger partial charge in [-0.3, -0.25) is 0 Å². The van der Waals surface area contributed by atoms with Crippen LogP contribution in [0.1, 0.15) is 18.5 Å². The van der Waals surface area contributed by atoms with Crippen LogP contribution in [0.4, 0.5) is 0 Å². The number of methoxy groups -OCH3 is 1. The van der Waals surface area contributed by atoms with Crippen LogP contribution < -0.4 is 19.9 Å². The molecule has 1 atom stereocenters. The van der Waals surface area contributed by atoms with E-state index in [1.54, 1.807) is 7.11 Å². The fourth-order valence-electron chi connectivity index (χ4n) is 1.92. The van der Waals surface area contributed by atoms with Crippen molar-refractivity contribution < 1.29 is 14.2 Å². The fraction of sp³-hybridized carbons (Fsp3) is 0.294. The second-order valence-electron chi connectivity index (χ2n) is 4.71. The Morgan fingerprint density at radius 1 is 0.905 bits per heavy atom. The van der Waals surface area contributed by atoms with Gasteiger partial charge in [-0.1, -0.05) is 24.3 Å². The van der Waals surface area contributed by atoms with Crippen molar-refractivity contribution in [3.63, 3.8) is 0 Å². The maximum atomic E-state index is 5.80. The average molecular weight is 287 g/mol. The molecule has 2 aromatic rings. The van der Waals surface area contributed by atoms with Gasteiger partial charge in [-0.25, -0.2) is 0 Å². The van der Waals surface area contributed by atoms with Crippen molar-refractivity contribution in [3.05, 3.63) is 54.1 Å². The number of rotatable bonds is 7. The van der Waals surface area contributed by atoms with Crippen LogP contribution in [0, 0.1) is 0 Å². The monoisotopic (exact) mass is 287 g/mol. The van der Waals surface area contributed by atoms with Gasteiger partial charge in [0.25, 0.3) is 0 Å². The van der Waals surface area contributed by atoms with Crippen LogP contribution in [0.5, 0.6) is 17.2 Å². The molecule has 4 nitrogen and oxygen atoms in total. The molecule has 0 radical (unpaired) electrons. The number of para-hydroxylation sites is 2. The number of hydrogen-bond donors (Lipinski definition) is 1. The van der Waals surface area contributed by atoms with Gasteiger partial charge in [-0.2, -0.15) is 0 Å². The summed E-state index contributed by atoms with van der Waals surface area (Å²) < 4.78 is 16.5. The first kappa shape index (κ1) is 15.2. The molecule has 0 aromatic heterocycles. The van der Waals surface area contributed by atoms with Gasteiger partial charge in [0.15, 0.2) is 11.5 Å². The highest BCUT2D eigenvalue weighted by Gasteiger charge is 2.03. The Bertz CT molecular complexity index is 552. The van der Waals surface area contributed by atoms with Crippen molar-refractivity contribution in [2.75, 3.05) is 20.3 Å². The van der Waals surface area contributed by atoms with E-state index in [4.69, 9.17) is 19.9 Å². The second kappa shape index (κ2) is 7.55. The van der Waals surface area contributed by atoms with E-state index in [1.807, 2.05) is 55.5 Å². The summed E-state index contributed by atoms with van der Waals surface area (Å²) in [6, 6.07) is 15.4. The van der Waals surface area contributed by atoms with Gasteiger partial charge in [-0.05, 0) is 36.8 Å². The number of nitrogens with two attached hydrogens (primary N) is 1. The zero-order valence-corrected chi connectivity index (χ0v) is 12.4. The first-order chi connectivity index (χ1) is 10.2. The van der Waals surface area contributed by atoms with Crippen molar-refractivity contribution >= 4 is 0 Å². The maximum absolute atomic E-state index is 5.80. The predicted molar refractivity (Wildman–Crippen MR) is 83.0 cm³/mol. The number of ether oxygens (including phenoxy) is 3. The largest absolute Gasteiger partial charge is 0.493 e. The smallest absolute Gasteiger partial charge is 0.161 e. The Hall–Kier alpha value is -2.20. The molecule has 0 bridgehead atoms. The van der Waals surface area contributed by atoms with Gasteiger partial charge in [0.1, 0.15) is 19.0 Å². The topological polar surface area (TPSA) is 53.7 Å². The molecule has 0 amide bonds. The van der Waals surface area contributed by atoms with Crippen molar-refractivity contribution in [1.82, 2.24) is 0 Å². The Balaban J connectivity index is 1.79. The molecule has 4 heteroatoms. The molecule has 112 valence electrons. The van der Waals surface area contributed by atoms with Crippen LogP contribution in [-0.4, -0.2) is 20.3 Å². The van der Waals surface area contributed by atoms with E-state index in [0.717, 1.165) is 22.8 Å². The van der Waals surface area contributed by atoms with Crippen LogP contribution in [0.3, 0.4) is 0 Å². The lowest BCUT2D eigenvalue weighted by Crippen LogP contribution is -2.10. The van der Waals surface area contributed by atoms with Gasteiger partial charge in [0.05, 0.1) is 7.11 Å². The van der Waals surface area contributed by atoms with Crippen LogP contribution >= 0.6 is 0 Å². The van der Waals surface area contributed by atoms with E-state index in [2.05, 4.69) is 0 Å². The van der Waals surface area contributed by atoms with E-state index < -0.39 is 0 Å². The second-order valence-corrected chi connectivity index (χ2v) is 4.71. The molecule has 0 aliphatic heterocycles. The highest BCUT2D eigenvalue weighted by Crippen LogP contribution is 2.25. The SMILES string of the molecule is COc1ccccc1OCCOc1ccc([C@H](C)N)cc1. The van der Waals surface area contributed by atoms with E-state index in [9.17, 15) is 0 Å². The molecular weight excluding hydrogens is 266 g/mol. The number of benzene rings is 2. The van der Waals surface area contributed by atoms with E-state index >= 15 is 0 Å². The summed E-state index contributed by atoms with van der Waals surface area (Å²) >= 11 is 0. The first-order valence-electron chi connectivity index (χ1n) is 6.95. The van der Waals surface area contributed by atoms with Crippen molar-refractivity contribution in [2.45, 2.75) is 13.0 Å². The zero-order valence-electron chi connectivity index (χ0n) is 12.4. The van der Waals surface area contributed by atoms with Crippen LogP contribution in [0.15, 0.2) is 48.5 Å². The lowest BCUT2D eigenvalue weighted by atomic mass is 10.1. The van der Waals surface area contributed by atoms with Gasteiger partial charge >= 0.3 is 0 Å². The summed E-state index contributed by atoms with van der Waals surface area (Å²) in [4.78, 5) is 0. The minimum atomic E-state index is 0.0351. The Kier molecular flexibility index (Phi) is 5.46. The summed E-state index contributed by atoms with van der Waals surface area (Å²) in [5, 5.41) is 0. The normalized spacial score (nSPS) is 11.8. The van der Waals surface area contributed by atoms with Gasteiger partial charge < -0.3 is 19.9 Å². The standard InChI is InChI=1S/C17H21NO3/c1-13(18)14-7-9-15(10-8-14)20-11-12-21-17-6-4-3-5-16(17)19-2/h3-10,13H,11-12,18H2,1-2H3/t13-/m0/s1. The van der Waals surface area contributed by atoms with Crippen molar-refractivity contribution in [1.29, 1.82) is 0 Å². The lowest BCUT2D eigenvalue weighted by Gasteiger charge is -2.11. The molecule has 0 aliphatic carbocycles. The quantitative estimate of drug-likeness (QED) is 0.795. The molecule has 0 aliphatic rings. The fourth-order valence-corrected chi connectivity index (χ4v) is 1.92. The third kappa shape index (κ3) is 4.39. The summed E-state index contributed by atoms with van der Waals surface area (Å²) in [6.45, 7) is 2.88. The highest BCUT2D eigenvalue weighted by atomic mass is 16.5. The van der Waals surface area contributed by atoms with E-state index in [-0.39, 0.29) is 6.04 Å². The molecule has 0 saturated carbocycles. The third-order valence-corrected chi connectivity index (χ3v) is 3.08. The molecule has 0 fully saturated rings. The Labute approximate surface area is 125 Å². The van der Waals surface area contributed by atoms with Crippen molar-refractivity contribution in [3.8, 4) is 17.2 Å². The van der Waals surface area contributed by atoms with Gasteiger partial charge in [0, 0.05) is 6.04 Å². The molecule has 0 unspecified atom stereocenters. The molecule has 0 saturated heterocycles. The van der Waals surface area contributed by atoms with E-state index in [0.29, 0.717) is 13.2 Å². The first-order valence-corrected chi connectivity index (χ1v) is 6.95. The molecule has 2 rings (SSSR count). The van der Waals surface area contributed by atoms with E-state index in [1.165, 1.54) is 0 Å². The predicted octanol–water partition coefficient (Wildman–Crippen LogP) is 3.17. The average Bonchev–Trinajstić information content (AvgIpc) is 2.52. The summed E-state index contributed by atoms with van der Waals surface area (Å²) in [5.41, 5.74) is 6.89. The number of hydrogen-bond acceptors (Lipinski definition) is 4. The zero-order chi connectivity index (χ0) is 15.1. The Morgan fingerprint density at radius 2 is 1.52 bits per heavy atom. The molecule has 2 N–H and O–H groups in total. The maximum Gasteiger partial charge on any atom is 0.161 e. The van der Waals surface area contributed by atoms with Gasteiger partial charge in [0.2, 0.25) is 0 Å². The molecular formula is C17H21NO3. The molecule has 21 heavy (non-hydrogen) atoms. The van der Waals surface area contributed by atoms with Crippen LogP contribution in [0.25, 0.3) is 0 Å². The third-order valence-electron chi connectivity index (χ3n) is 3.08. The molecule has 0 heterocycles. The Morgan fingerprint density at radius 3 is 2.14 bits per heavy atom. The molecule has 0 spiro atoms. The molecule has 2 aromatic carbocycles. The van der Waals surface area contributed by atoms with Crippen LogP contribution in [0.2, 0.25) is 0 Å². The highest BCUT2D eigenvalue weighted by molar-refractivity contribution is 5.39. The summed E-state index contributed by atoms with van der Waals surface area (Å²) in [6.07, 6.45) is 0. The van der Waals surface area contributed by atoms with Crippen molar-refractivity contribution in [2.24, 2.45) is 5.73 Å².